The van der Waals surface area contributed by atoms with Crippen molar-refractivity contribution in [3.63, 3.8) is 0 Å². The van der Waals surface area contributed by atoms with Crippen LogP contribution in [0.15, 0.2) is 59.2 Å². The first-order chi connectivity index (χ1) is 12.5. The number of rotatable bonds is 6. The molecule has 0 spiro atoms. The number of carbonyl (C=O) groups excluding carboxylic acids is 1. The molecule has 1 heterocycles. The summed E-state index contributed by atoms with van der Waals surface area (Å²) in [6.07, 6.45) is 1.35. The zero-order valence-electron chi connectivity index (χ0n) is 13.6. The summed E-state index contributed by atoms with van der Waals surface area (Å²) in [5.74, 6) is -1.43. The molecule has 7 heteroatoms. The second-order valence-corrected chi connectivity index (χ2v) is 5.57. The summed E-state index contributed by atoms with van der Waals surface area (Å²) < 4.78 is 18.3. The maximum Gasteiger partial charge on any atom is 0.336 e. The van der Waals surface area contributed by atoms with Gasteiger partial charge in [0.2, 0.25) is 11.8 Å². The minimum atomic E-state index is -1.05. The van der Waals surface area contributed by atoms with Crippen molar-refractivity contribution in [2.45, 2.75) is 13.0 Å². The molecular weight excluding hydrogens is 339 g/mol. The van der Waals surface area contributed by atoms with E-state index in [1.54, 1.807) is 18.2 Å². The van der Waals surface area contributed by atoms with Crippen LogP contribution in [0.5, 0.6) is 0 Å². The number of carboxylic acid groups (broad SMARTS) is 1. The van der Waals surface area contributed by atoms with Crippen molar-refractivity contribution in [1.82, 2.24) is 10.3 Å². The lowest BCUT2D eigenvalue weighted by Gasteiger charge is -2.07. The van der Waals surface area contributed by atoms with E-state index in [1.807, 2.05) is 0 Å². The molecule has 1 aromatic heterocycles. The lowest BCUT2D eigenvalue weighted by atomic mass is 10.1. The molecule has 0 radical (unpaired) electrons. The number of carboxylic acids is 1. The minimum Gasteiger partial charge on any atom is -0.478 e. The molecule has 6 nitrogen and oxygen atoms in total. The quantitative estimate of drug-likeness (QED) is 0.710. The van der Waals surface area contributed by atoms with Crippen molar-refractivity contribution < 1.29 is 23.5 Å². The molecule has 132 valence electrons. The predicted molar refractivity (Wildman–Crippen MR) is 90.8 cm³/mol. The monoisotopic (exact) mass is 354 g/mol. The Hall–Kier alpha value is -3.48. The number of benzene rings is 2. The van der Waals surface area contributed by atoms with Crippen LogP contribution in [-0.4, -0.2) is 22.0 Å². The first-order valence-corrected chi connectivity index (χ1v) is 7.81. The van der Waals surface area contributed by atoms with Crippen molar-refractivity contribution in [2.75, 3.05) is 0 Å². The predicted octanol–water partition coefficient (Wildman–Crippen LogP) is 3.04. The summed E-state index contributed by atoms with van der Waals surface area (Å²) in [4.78, 5) is 27.4. The number of amides is 1. The van der Waals surface area contributed by atoms with E-state index < -0.39 is 5.97 Å². The van der Waals surface area contributed by atoms with Gasteiger partial charge >= 0.3 is 5.97 Å². The fourth-order valence-corrected chi connectivity index (χ4v) is 2.42. The summed E-state index contributed by atoms with van der Waals surface area (Å²) in [5.41, 5.74) is 1.69. The Balaban J connectivity index is 1.61. The Morgan fingerprint density at radius 1 is 1.12 bits per heavy atom. The first-order valence-electron chi connectivity index (χ1n) is 7.81. The SMILES string of the molecule is O=C(Cc1coc(-c2ccc(F)cc2)n1)NCc1ccccc1C(=O)O. The molecular formula is C19H15FN2O4. The Labute approximate surface area is 148 Å². The minimum absolute atomic E-state index is 0.0140. The van der Waals surface area contributed by atoms with E-state index in [2.05, 4.69) is 10.3 Å². The fourth-order valence-electron chi connectivity index (χ4n) is 2.42. The van der Waals surface area contributed by atoms with Gasteiger partial charge in [-0.1, -0.05) is 18.2 Å². The van der Waals surface area contributed by atoms with Gasteiger partial charge in [0.05, 0.1) is 17.7 Å². The Kier molecular flexibility index (Phi) is 5.07. The number of hydrogen-bond acceptors (Lipinski definition) is 4. The Morgan fingerprint density at radius 3 is 2.58 bits per heavy atom. The zero-order valence-corrected chi connectivity index (χ0v) is 13.6. The highest BCUT2D eigenvalue weighted by molar-refractivity contribution is 5.89. The standard InChI is InChI=1S/C19H15FN2O4/c20-14-7-5-12(6-8-14)18-22-15(11-26-18)9-17(23)21-10-13-3-1-2-4-16(13)19(24)25/h1-8,11H,9-10H2,(H,21,23)(H,24,25). The van der Waals surface area contributed by atoms with E-state index >= 15 is 0 Å². The van der Waals surface area contributed by atoms with Gasteiger partial charge in [0.25, 0.3) is 0 Å². The van der Waals surface area contributed by atoms with Crippen molar-refractivity contribution >= 4 is 11.9 Å². The molecule has 3 rings (SSSR count). The van der Waals surface area contributed by atoms with Gasteiger partial charge in [0.15, 0.2) is 0 Å². The third-order valence-corrected chi connectivity index (χ3v) is 3.71. The van der Waals surface area contributed by atoms with Crippen molar-refractivity contribution in [2.24, 2.45) is 0 Å². The Bertz CT molecular complexity index is 935. The van der Waals surface area contributed by atoms with Crippen LogP contribution >= 0.6 is 0 Å². The van der Waals surface area contributed by atoms with E-state index in [4.69, 9.17) is 9.52 Å². The number of hydrogen-bond donors (Lipinski definition) is 2. The molecule has 0 aliphatic heterocycles. The number of nitrogens with one attached hydrogen (secondary N) is 1. The summed E-state index contributed by atoms with van der Waals surface area (Å²) in [6, 6.07) is 12.1. The van der Waals surface area contributed by atoms with Crippen molar-refractivity contribution in [3.05, 3.63) is 77.4 Å². The molecule has 0 unspecified atom stereocenters. The van der Waals surface area contributed by atoms with Crippen LogP contribution in [0.25, 0.3) is 11.5 Å². The topological polar surface area (TPSA) is 92.4 Å². The van der Waals surface area contributed by atoms with E-state index in [1.165, 1.54) is 36.6 Å². The molecule has 2 N–H and O–H groups in total. The second kappa shape index (κ2) is 7.60. The molecule has 0 fully saturated rings. The van der Waals surface area contributed by atoms with Crippen LogP contribution in [0.1, 0.15) is 21.6 Å². The second-order valence-electron chi connectivity index (χ2n) is 5.57. The average Bonchev–Trinajstić information content (AvgIpc) is 3.09. The van der Waals surface area contributed by atoms with Crippen LogP contribution in [0.3, 0.4) is 0 Å². The lowest BCUT2D eigenvalue weighted by molar-refractivity contribution is -0.120. The largest absolute Gasteiger partial charge is 0.478 e. The van der Waals surface area contributed by atoms with Gasteiger partial charge in [-0.3, -0.25) is 4.79 Å². The average molecular weight is 354 g/mol. The number of aromatic nitrogens is 1. The first kappa shape index (κ1) is 17.3. The van der Waals surface area contributed by atoms with Gasteiger partial charge in [-0.25, -0.2) is 14.2 Å². The summed E-state index contributed by atoms with van der Waals surface area (Å²) in [7, 11) is 0. The summed E-state index contributed by atoms with van der Waals surface area (Å²) >= 11 is 0. The molecule has 0 saturated heterocycles. The maximum atomic E-state index is 12.9. The van der Waals surface area contributed by atoms with Gasteiger partial charge in [-0.15, -0.1) is 0 Å². The maximum absolute atomic E-state index is 12.9. The van der Waals surface area contributed by atoms with Crippen LogP contribution in [0, 0.1) is 5.82 Å². The fraction of sp³-hybridized carbons (Fsp3) is 0.105. The van der Waals surface area contributed by atoms with E-state index in [9.17, 15) is 14.0 Å². The van der Waals surface area contributed by atoms with E-state index in [-0.39, 0.29) is 30.3 Å². The molecule has 3 aromatic rings. The summed E-state index contributed by atoms with van der Waals surface area (Å²) in [6.45, 7) is 0.101. The van der Waals surface area contributed by atoms with Crippen molar-refractivity contribution in [1.29, 1.82) is 0 Å². The number of oxazole rings is 1. The summed E-state index contributed by atoms with van der Waals surface area (Å²) in [5, 5.41) is 11.8. The normalized spacial score (nSPS) is 10.5. The van der Waals surface area contributed by atoms with Gasteiger partial charge in [-0.05, 0) is 35.9 Å². The number of nitrogens with zero attached hydrogens (tertiary/aromatic N) is 1. The molecule has 0 aliphatic carbocycles. The third kappa shape index (κ3) is 4.13. The number of halogens is 1. The molecule has 26 heavy (non-hydrogen) atoms. The number of aromatic carboxylic acids is 1. The highest BCUT2D eigenvalue weighted by atomic mass is 19.1. The Morgan fingerprint density at radius 2 is 1.85 bits per heavy atom. The zero-order chi connectivity index (χ0) is 18.5. The van der Waals surface area contributed by atoms with Crippen LogP contribution in [0.4, 0.5) is 4.39 Å². The van der Waals surface area contributed by atoms with Crippen LogP contribution in [0.2, 0.25) is 0 Å². The molecule has 0 aliphatic rings. The molecule has 0 saturated carbocycles. The third-order valence-electron chi connectivity index (χ3n) is 3.71. The van der Waals surface area contributed by atoms with Gasteiger partial charge in [-0.2, -0.15) is 0 Å². The molecule has 0 atom stereocenters. The van der Waals surface area contributed by atoms with E-state index in [0.29, 0.717) is 22.7 Å². The van der Waals surface area contributed by atoms with Crippen LogP contribution in [-0.2, 0) is 17.8 Å². The molecule has 0 bridgehead atoms. The van der Waals surface area contributed by atoms with Crippen molar-refractivity contribution in [3.8, 4) is 11.5 Å². The smallest absolute Gasteiger partial charge is 0.336 e. The van der Waals surface area contributed by atoms with Gasteiger partial charge in [0.1, 0.15) is 12.1 Å². The van der Waals surface area contributed by atoms with Gasteiger partial charge in [0, 0.05) is 12.1 Å². The lowest BCUT2D eigenvalue weighted by Crippen LogP contribution is -2.25. The highest BCUT2D eigenvalue weighted by Crippen LogP contribution is 2.19. The van der Waals surface area contributed by atoms with Crippen LogP contribution < -0.4 is 5.32 Å². The molecule has 1 amide bonds. The highest BCUT2D eigenvalue weighted by Gasteiger charge is 2.13. The van der Waals surface area contributed by atoms with E-state index in [0.717, 1.165) is 0 Å². The van der Waals surface area contributed by atoms with Gasteiger partial charge < -0.3 is 14.8 Å². The molecule has 2 aromatic carbocycles. The number of carbonyl (C=O) groups is 2.